The molecule has 1 saturated heterocycles. The van der Waals surface area contributed by atoms with E-state index in [9.17, 15) is 4.79 Å². The van der Waals surface area contributed by atoms with Crippen LogP contribution in [0.1, 0.15) is 16.8 Å². The molecule has 2 aromatic rings. The van der Waals surface area contributed by atoms with Gasteiger partial charge in [0.1, 0.15) is 6.04 Å². The number of benzene rings is 1. The van der Waals surface area contributed by atoms with E-state index in [0.717, 1.165) is 22.7 Å². The van der Waals surface area contributed by atoms with Crippen LogP contribution in [0.5, 0.6) is 0 Å². The summed E-state index contributed by atoms with van der Waals surface area (Å²) in [4.78, 5) is 18.2. The third kappa shape index (κ3) is 5.66. The van der Waals surface area contributed by atoms with Crippen molar-refractivity contribution in [2.24, 2.45) is 0 Å². The summed E-state index contributed by atoms with van der Waals surface area (Å²) in [6, 6.07) is 9.93. The molecular formula is C18H25Cl2N3O2S. The van der Waals surface area contributed by atoms with Gasteiger partial charge in [-0.05, 0) is 13.8 Å². The van der Waals surface area contributed by atoms with Gasteiger partial charge < -0.3 is 15.4 Å². The summed E-state index contributed by atoms with van der Waals surface area (Å²) in [6.07, 6.45) is 0.650. The van der Waals surface area contributed by atoms with Crippen molar-refractivity contribution in [2.45, 2.75) is 32.4 Å². The van der Waals surface area contributed by atoms with Crippen LogP contribution in [-0.4, -0.2) is 42.7 Å². The fraction of sp³-hybridized carbons (Fsp3) is 0.444. The second-order valence-electron chi connectivity index (χ2n) is 5.93. The van der Waals surface area contributed by atoms with Gasteiger partial charge in [-0.2, -0.15) is 0 Å². The van der Waals surface area contributed by atoms with Gasteiger partial charge >= 0.3 is 0 Å². The molecule has 2 heterocycles. The zero-order valence-corrected chi connectivity index (χ0v) is 17.3. The SMILES string of the molecule is Cc1sc(CCNC(=O)[C@H]2NCCO[C@@H]2C)nc1-c1ccccc1.Cl.Cl. The highest BCUT2D eigenvalue weighted by Crippen LogP contribution is 2.27. The first kappa shape index (κ1) is 22.9. The average molecular weight is 418 g/mol. The summed E-state index contributed by atoms with van der Waals surface area (Å²) in [5.74, 6) is -0.00115. The molecule has 0 aliphatic carbocycles. The van der Waals surface area contributed by atoms with Crippen LogP contribution in [-0.2, 0) is 16.0 Å². The first-order valence-corrected chi connectivity index (χ1v) is 9.11. The van der Waals surface area contributed by atoms with Gasteiger partial charge in [-0.25, -0.2) is 4.98 Å². The van der Waals surface area contributed by atoms with Crippen LogP contribution >= 0.6 is 36.2 Å². The molecule has 1 aliphatic heterocycles. The number of carbonyl (C=O) groups is 1. The summed E-state index contributed by atoms with van der Waals surface area (Å²) >= 11 is 1.69. The predicted molar refractivity (Wildman–Crippen MR) is 111 cm³/mol. The van der Waals surface area contributed by atoms with E-state index in [2.05, 4.69) is 29.7 Å². The molecule has 1 fully saturated rings. The van der Waals surface area contributed by atoms with Gasteiger partial charge in [-0.3, -0.25) is 4.79 Å². The molecule has 1 aliphatic rings. The number of carbonyl (C=O) groups excluding carboxylic acids is 1. The van der Waals surface area contributed by atoms with Crippen LogP contribution in [0, 0.1) is 6.92 Å². The number of hydrogen-bond acceptors (Lipinski definition) is 5. The first-order valence-electron chi connectivity index (χ1n) is 8.29. The molecule has 144 valence electrons. The maximum absolute atomic E-state index is 12.2. The number of aromatic nitrogens is 1. The molecule has 1 aromatic heterocycles. The topological polar surface area (TPSA) is 63.2 Å². The van der Waals surface area contributed by atoms with E-state index >= 15 is 0 Å². The number of ether oxygens (including phenoxy) is 1. The number of rotatable bonds is 5. The summed E-state index contributed by atoms with van der Waals surface area (Å²) < 4.78 is 5.51. The van der Waals surface area contributed by atoms with Gasteiger partial charge in [-0.15, -0.1) is 36.2 Å². The zero-order valence-electron chi connectivity index (χ0n) is 14.9. The summed E-state index contributed by atoms with van der Waals surface area (Å²) in [7, 11) is 0. The first-order chi connectivity index (χ1) is 11.6. The average Bonchev–Trinajstić information content (AvgIpc) is 2.96. The third-order valence-corrected chi connectivity index (χ3v) is 5.16. The Morgan fingerprint density at radius 2 is 2.08 bits per heavy atom. The van der Waals surface area contributed by atoms with Crippen LogP contribution in [0.25, 0.3) is 11.3 Å². The number of amides is 1. The number of aryl methyl sites for hydroxylation is 1. The fourth-order valence-corrected chi connectivity index (χ4v) is 3.81. The van der Waals surface area contributed by atoms with Crippen LogP contribution in [0.15, 0.2) is 30.3 Å². The Kier molecular flexibility index (Phi) is 9.54. The molecular weight excluding hydrogens is 393 g/mol. The lowest BCUT2D eigenvalue weighted by molar-refractivity contribution is -0.128. The molecule has 0 radical (unpaired) electrons. The molecule has 1 amide bonds. The van der Waals surface area contributed by atoms with Crippen molar-refractivity contribution in [3.05, 3.63) is 40.2 Å². The van der Waals surface area contributed by atoms with Crippen molar-refractivity contribution in [3.63, 3.8) is 0 Å². The molecule has 5 nitrogen and oxygen atoms in total. The van der Waals surface area contributed by atoms with Crippen molar-refractivity contribution in [2.75, 3.05) is 19.7 Å². The molecule has 1 aromatic carbocycles. The molecule has 0 spiro atoms. The van der Waals surface area contributed by atoms with Crippen molar-refractivity contribution in [1.29, 1.82) is 0 Å². The molecule has 2 N–H and O–H groups in total. The Morgan fingerprint density at radius 3 is 2.77 bits per heavy atom. The maximum Gasteiger partial charge on any atom is 0.239 e. The van der Waals surface area contributed by atoms with E-state index in [-0.39, 0.29) is 42.9 Å². The minimum absolute atomic E-state index is 0. The highest BCUT2D eigenvalue weighted by atomic mass is 35.5. The zero-order chi connectivity index (χ0) is 16.9. The van der Waals surface area contributed by atoms with Gasteiger partial charge in [0.2, 0.25) is 5.91 Å². The third-order valence-electron chi connectivity index (χ3n) is 4.13. The van der Waals surface area contributed by atoms with Gasteiger partial charge in [0.05, 0.1) is 23.4 Å². The number of halogens is 2. The Balaban J connectivity index is 0.00000169. The summed E-state index contributed by atoms with van der Waals surface area (Å²) in [6.45, 7) is 5.98. The van der Waals surface area contributed by atoms with Gasteiger partial charge in [0, 0.05) is 30.0 Å². The van der Waals surface area contributed by atoms with Gasteiger partial charge in [-0.1, -0.05) is 30.3 Å². The van der Waals surface area contributed by atoms with Crippen LogP contribution in [0.3, 0.4) is 0 Å². The summed E-state index contributed by atoms with van der Waals surface area (Å²) in [5, 5.41) is 7.24. The lowest BCUT2D eigenvalue weighted by Crippen LogP contribution is -2.55. The van der Waals surface area contributed by atoms with Crippen LogP contribution < -0.4 is 10.6 Å². The second-order valence-corrected chi connectivity index (χ2v) is 7.21. The largest absolute Gasteiger partial charge is 0.375 e. The van der Waals surface area contributed by atoms with E-state index < -0.39 is 0 Å². The Morgan fingerprint density at radius 1 is 1.35 bits per heavy atom. The Hall–Kier alpha value is -1.18. The molecule has 0 unspecified atom stereocenters. The van der Waals surface area contributed by atoms with Crippen LogP contribution in [0.4, 0.5) is 0 Å². The Labute approximate surface area is 170 Å². The molecule has 3 rings (SSSR count). The fourth-order valence-electron chi connectivity index (χ4n) is 2.85. The molecule has 0 saturated carbocycles. The van der Waals surface area contributed by atoms with E-state index in [1.54, 1.807) is 11.3 Å². The van der Waals surface area contributed by atoms with E-state index in [1.165, 1.54) is 4.88 Å². The van der Waals surface area contributed by atoms with Gasteiger partial charge in [0.15, 0.2) is 0 Å². The molecule has 8 heteroatoms. The maximum atomic E-state index is 12.2. The number of morpholine rings is 1. The lowest BCUT2D eigenvalue weighted by Gasteiger charge is -2.29. The van der Waals surface area contributed by atoms with Crippen molar-refractivity contribution >= 4 is 42.1 Å². The van der Waals surface area contributed by atoms with E-state index in [0.29, 0.717) is 19.7 Å². The highest BCUT2D eigenvalue weighted by molar-refractivity contribution is 7.12. The predicted octanol–water partition coefficient (Wildman–Crippen LogP) is 3.00. The quantitative estimate of drug-likeness (QED) is 0.784. The van der Waals surface area contributed by atoms with Crippen molar-refractivity contribution < 1.29 is 9.53 Å². The molecule has 26 heavy (non-hydrogen) atoms. The minimum atomic E-state index is -0.267. The smallest absolute Gasteiger partial charge is 0.239 e. The number of thiazole rings is 1. The molecule has 0 bridgehead atoms. The van der Waals surface area contributed by atoms with Crippen molar-refractivity contribution in [3.8, 4) is 11.3 Å². The monoisotopic (exact) mass is 417 g/mol. The van der Waals surface area contributed by atoms with E-state index in [1.807, 2.05) is 25.1 Å². The number of nitrogens with one attached hydrogen (secondary N) is 2. The van der Waals surface area contributed by atoms with Crippen LogP contribution in [0.2, 0.25) is 0 Å². The van der Waals surface area contributed by atoms with Gasteiger partial charge in [0.25, 0.3) is 0 Å². The minimum Gasteiger partial charge on any atom is -0.375 e. The van der Waals surface area contributed by atoms with Crippen molar-refractivity contribution in [1.82, 2.24) is 15.6 Å². The second kappa shape index (κ2) is 10.8. The normalized spacial score (nSPS) is 19.2. The lowest BCUT2D eigenvalue weighted by atomic mass is 10.1. The Bertz CT molecular complexity index is 697. The summed E-state index contributed by atoms with van der Waals surface area (Å²) in [5.41, 5.74) is 2.18. The number of nitrogens with zero attached hydrogens (tertiary/aromatic N) is 1. The highest BCUT2D eigenvalue weighted by Gasteiger charge is 2.27. The standard InChI is InChI=1S/C18H23N3O2S.2ClH/c1-12-16(19-10-11-23-12)18(22)20-9-8-15-21-17(13(2)24-15)14-6-4-3-5-7-14;;/h3-7,12,16,19H,8-11H2,1-2H3,(H,20,22);2*1H/t12-,16+;;/m1../s1. The van der Waals surface area contributed by atoms with E-state index in [4.69, 9.17) is 9.72 Å². The number of hydrogen-bond donors (Lipinski definition) is 2. The molecule has 2 atom stereocenters.